The van der Waals surface area contributed by atoms with Gasteiger partial charge in [-0.15, -0.1) is 0 Å². The molecule has 0 spiro atoms. The average molecular weight is 515 g/mol. The number of aliphatic hydroxyl groups excluding tert-OH is 1. The minimum atomic E-state index is -0.743. The number of hydrogen-bond donors (Lipinski definition) is 3. The number of aliphatic hydroxyl groups is 1. The number of anilines is 1. The number of benzene rings is 2. The van der Waals surface area contributed by atoms with Crippen LogP contribution < -0.4 is 10.6 Å². The van der Waals surface area contributed by atoms with Crippen molar-refractivity contribution in [2.45, 2.75) is 51.4 Å². The topological polar surface area (TPSA) is 106 Å². The van der Waals surface area contributed by atoms with Gasteiger partial charge < -0.3 is 15.2 Å². The Morgan fingerprint density at radius 1 is 1.21 bits per heavy atom. The molecule has 1 aliphatic rings. The minimum Gasteiger partial charge on any atom is -0.391 e. The highest BCUT2D eigenvalue weighted by Gasteiger charge is 2.39. The van der Waals surface area contributed by atoms with Gasteiger partial charge in [0.2, 0.25) is 0 Å². The summed E-state index contributed by atoms with van der Waals surface area (Å²) in [6, 6.07) is 14.8. The first kappa shape index (κ1) is 25.7. The van der Waals surface area contributed by atoms with E-state index in [1.54, 1.807) is 22.7 Å². The fraction of sp³-hybridized carbons (Fsp3) is 0.345. The number of nitrogens with one attached hydrogen (secondary N) is 2. The number of methoxy groups -OCH3 is 1. The third-order valence-electron chi connectivity index (χ3n) is 7.22. The number of aromatic nitrogens is 4. The Labute approximate surface area is 222 Å². The quantitative estimate of drug-likeness (QED) is 0.348. The number of para-hydroxylation sites is 1. The second-order valence-electron chi connectivity index (χ2n) is 10.6. The Balaban J connectivity index is 1.49. The van der Waals surface area contributed by atoms with Crippen LogP contribution in [0.4, 0.5) is 10.6 Å². The molecule has 0 unspecified atom stereocenters. The third kappa shape index (κ3) is 4.82. The van der Waals surface area contributed by atoms with Crippen molar-refractivity contribution >= 4 is 11.8 Å². The fourth-order valence-electron chi connectivity index (χ4n) is 5.38. The lowest BCUT2D eigenvalue weighted by molar-refractivity contribution is 0.0880. The summed E-state index contributed by atoms with van der Waals surface area (Å²) in [7, 11) is 3.51. The number of urea groups is 1. The molecule has 0 radical (unpaired) electrons. The molecule has 38 heavy (non-hydrogen) atoms. The van der Waals surface area contributed by atoms with Crippen LogP contribution in [-0.2, 0) is 23.8 Å². The maximum atomic E-state index is 13.5. The summed E-state index contributed by atoms with van der Waals surface area (Å²) < 4.78 is 8.77. The predicted molar refractivity (Wildman–Crippen MR) is 146 cm³/mol. The Hall–Kier alpha value is -3.95. The number of carbonyl (C=O) groups excluding carboxylic acids is 1. The van der Waals surface area contributed by atoms with Crippen molar-refractivity contribution in [2.24, 2.45) is 7.05 Å². The van der Waals surface area contributed by atoms with Crippen LogP contribution in [0.3, 0.4) is 0 Å². The van der Waals surface area contributed by atoms with Gasteiger partial charge in [0.15, 0.2) is 0 Å². The lowest BCUT2D eigenvalue weighted by Crippen LogP contribution is -2.45. The third-order valence-corrected chi connectivity index (χ3v) is 7.22. The van der Waals surface area contributed by atoms with Crippen LogP contribution in [0, 0.1) is 6.92 Å². The van der Waals surface area contributed by atoms with Crippen molar-refractivity contribution < 1.29 is 14.6 Å². The van der Waals surface area contributed by atoms with E-state index in [0.29, 0.717) is 18.8 Å². The van der Waals surface area contributed by atoms with Crippen LogP contribution in [0.2, 0.25) is 0 Å². The van der Waals surface area contributed by atoms with Gasteiger partial charge in [-0.05, 0) is 47.6 Å². The molecule has 0 saturated carbocycles. The Bertz CT molecular complexity index is 1460. The van der Waals surface area contributed by atoms with Crippen molar-refractivity contribution in [1.82, 2.24) is 24.9 Å². The molecule has 5 rings (SSSR count). The van der Waals surface area contributed by atoms with E-state index >= 15 is 0 Å². The molecule has 4 aromatic rings. The summed E-state index contributed by atoms with van der Waals surface area (Å²) >= 11 is 0. The van der Waals surface area contributed by atoms with Crippen LogP contribution in [0.1, 0.15) is 48.6 Å². The van der Waals surface area contributed by atoms with E-state index in [4.69, 9.17) is 9.84 Å². The van der Waals surface area contributed by atoms with Gasteiger partial charge in [0.1, 0.15) is 11.5 Å². The number of ether oxygens (including phenoxy) is 1. The van der Waals surface area contributed by atoms with Gasteiger partial charge in [-0.3, -0.25) is 10.00 Å². The van der Waals surface area contributed by atoms with E-state index in [1.165, 1.54) is 0 Å². The van der Waals surface area contributed by atoms with E-state index < -0.39 is 18.2 Å². The summed E-state index contributed by atoms with van der Waals surface area (Å²) in [5.74, 6) is 0.548. The molecule has 198 valence electrons. The smallest absolute Gasteiger partial charge is 0.320 e. The molecule has 0 bridgehead atoms. The molecule has 1 aliphatic carbocycles. The zero-order valence-corrected chi connectivity index (χ0v) is 22.4. The standard InChI is InChI=1S/C29H34N6O3/c1-18-25(20-15-30-34(4)16-20)33-35(21-9-7-6-8-10-21)27(18)32-28(37)31-26-22-13-19(17-38-5)11-12-23(22)29(2,3)14-24(26)36/h6-13,15-16,24,26,36H,14,17H2,1-5H3,(H2,31,32,37)/t24-,26-/m0/s1. The second-order valence-corrected chi connectivity index (χ2v) is 10.6. The zero-order chi connectivity index (χ0) is 27.0. The lowest BCUT2D eigenvalue weighted by Gasteiger charge is -2.41. The molecule has 3 N–H and O–H groups in total. The van der Waals surface area contributed by atoms with Crippen molar-refractivity contribution in [3.8, 4) is 16.9 Å². The Morgan fingerprint density at radius 3 is 2.66 bits per heavy atom. The first-order valence-corrected chi connectivity index (χ1v) is 12.7. The molecule has 2 amide bonds. The van der Waals surface area contributed by atoms with Crippen LogP contribution in [0.15, 0.2) is 60.9 Å². The number of rotatable bonds is 6. The van der Waals surface area contributed by atoms with E-state index in [2.05, 4.69) is 35.6 Å². The van der Waals surface area contributed by atoms with Gasteiger partial charge in [-0.25, -0.2) is 9.48 Å². The van der Waals surface area contributed by atoms with Crippen molar-refractivity contribution in [3.63, 3.8) is 0 Å². The van der Waals surface area contributed by atoms with Gasteiger partial charge in [0, 0.05) is 31.5 Å². The first-order valence-electron chi connectivity index (χ1n) is 12.7. The number of amides is 2. The number of fused-ring (bicyclic) bond motifs is 1. The van der Waals surface area contributed by atoms with Gasteiger partial charge in [0.25, 0.3) is 0 Å². The summed E-state index contributed by atoms with van der Waals surface area (Å²) in [6.45, 7) is 6.61. The van der Waals surface area contributed by atoms with Crippen molar-refractivity contribution in [1.29, 1.82) is 0 Å². The number of hydrogen-bond acceptors (Lipinski definition) is 5. The maximum Gasteiger partial charge on any atom is 0.320 e. The average Bonchev–Trinajstić information content (AvgIpc) is 3.45. The van der Waals surface area contributed by atoms with E-state index in [-0.39, 0.29) is 5.41 Å². The predicted octanol–water partition coefficient (Wildman–Crippen LogP) is 4.63. The van der Waals surface area contributed by atoms with Gasteiger partial charge in [-0.1, -0.05) is 50.2 Å². The molecule has 2 aromatic carbocycles. The van der Waals surface area contributed by atoms with Crippen LogP contribution >= 0.6 is 0 Å². The monoisotopic (exact) mass is 514 g/mol. The summed E-state index contributed by atoms with van der Waals surface area (Å²) in [6.07, 6.45) is 3.43. The number of carbonyl (C=O) groups is 1. The number of aryl methyl sites for hydroxylation is 1. The van der Waals surface area contributed by atoms with Crippen LogP contribution in [-0.4, -0.2) is 43.9 Å². The molecule has 2 heterocycles. The molecule has 0 aliphatic heterocycles. The maximum absolute atomic E-state index is 13.5. The highest BCUT2D eigenvalue weighted by atomic mass is 16.5. The summed E-state index contributed by atoms with van der Waals surface area (Å²) in [5.41, 5.74) is 5.98. The zero-order valence-electron chi connectivity index (χ0n) is 22.4. The summed E-state index contributed by atoms with van der Waals surface area (Å²) in [4.78, 5) is 13.5. The highest BCUT2D eigenvalue weighted by Crippen LogP contribution is 2.42. The highest BCUT2D eigenvalue weighted by molar-refractivity contribution is 5.91. The molecular formula is C29H34N6O3. The lowest BCUT2D eigenvalue weighted by atomic mass is 9.69. The van der Waals surface area contributed by atoms with Crippen LogP contribution in [0.25, 0.3) is 16.9 Å². The Kier molecular flexibility index (Phi) is 6.81. The van der Waals surface area contributed by atoms with E-state index in [1.807, 2.05) is 62.6 Å². The second kappa shape index (κ2) is 10.1. The van der Waals surface area contributed by atoms with Crippen LogP contribution in [0.5, 0.6) is 0 Å². The SMILES string of the molecule is COCc1ccc2c(c1)[C@H](NC(=O)Nc1c(C)c(-c3cnn(C)c3)nn1-c1ccccc1)[C@@H](O)CC2(C)C. The Morgan fingerprint density at radius 2 is 1.97 bits per heavy atom. The van der Waals surface area contributed by atoms with Crippen molar-refractivity contribution in [2.75, 3.05) is 12.4 Å². The van der Waals surface area contributed by atoms with Crippen molar-refractivity contribution in [3.05, 3.63) is 83.2 Å². The van der Waals surface area contributed by atoms with E-state index in [0.717, 1.165) is 39.2 Å². The van der Waals surface area contributed by atoms with E-state index in [9.17, 15) is 9.90 Å². The molecule has 2 atom stereocenters. The first-order chi connectivity index (χ1) is 18.2. The molecule has 2 aromatic heterocycles. The van der Waals surface area contributed by atoms with Gasteiger partial charge in [0.05, 0.1) is 30.6 Å². The van der Waals surface area contributed by atoms with Gasteiger partial charge in [-0.2, -0.15) is 10.2 Å². The van der Waals surface area contributed by atoms with Gasteiger partial charge >= 0.3 is 6.03 Å². The normalized spacial score (nSPS) is 18.2. The molecular weight excluding hydrogens is 480 g/mol. The fourth-order valence-corrected chi connectivity index (χ4v) is 5.38. The number of nitrogens with zero attached hydrogens (tertiary/aromatic N) is 4. The molecule has 0 fully saturated rings. The summed E-state index contributed by atoms with van der Waals surface area (Å²) in [5, 5.41) is 26.3. The molecule has 9 nitrogen and oxygen atoms in total. The minimum absolute atomic E-state index is 0.226. The molecule has 9 heteroatoms. The molecule has 0 saturated heterocycles. The largest absolute Gasteiger partial charge is 0.391 e.